The molecule has 120 valence electrons. The number of fused-ring (bicyclic) bond motifs is 1. The van der Waals surface area contributed by atoms with Crippen LogP contribution in [-0.2, 0) is 4.79 Å². The monoisotopic (exact) mass is 324 g/mol. The highest BCUT2D eigenvalue weighted by Crippen LogP contribution is 2.16. The molecule has 1 amide bonds. The SMILES string of the molecule is O=C(/C=C/c1cccc([N+](=O)[O-])c1)Nc1ccc2[nH]c(=O)[nH]c2c1. The number of nitrogens with zero attached hydrogens (tertiary/aromatic N) is 1. The molecular formula is C16H12N4O4. The quantitative estimate of drug-likeness (QED) is 0.387. The third kappa shape index (κ3) is 3.38. The number of carbonyl (C=O) groups is 1. The summed E-state index contributed by atoms with van der Waals surface area (Å²) in [6, 6.07) is 10.9. The fourth-order valence-corrected chi connectivity index (χ4v) is 2.21. The van der Waals surface area contributed by atoms with Gasteiger partial charge in [-0.1, -0.05) is 12.1 Å². The first-order valence-electron chi connectivity index (χ1n) is 6.97. The van der Waals surface area contributed by atoms with Gasteiger partial charge in [0, 0.05) is 23.9 Å². The molecule has 2 aromatic carbocycles. The van der Waals surface area contributed by atoms with Crippen LogP contribution in [0.3, 0.4) is 0 Å². The Morgan fingerprint density at radius 2 is 1.92 bits per heavy atom. The lowest BCUT2D eigenvalue weighted by molar-refractivity contribution is -0.384. The second kappa shape index (κ2) is 6.21. The molecule has 0 radical (unpaired) electrons. The van der Waals surface area contributed by atoms with Crippen LogP contribution in [0.4, 0.5) is 11.4 Å². The van der Waals surface area contributed by atoms with Crippen molar-refractivity contribution in [3.8, 4) is 0 Å². The molecule has 1 heterocycles. The lowest BCUT2D eigenvalue weighted by Crippen LogP contribution is -2.07. The molecule has 24 heavy (non-hydrogen) atoms. The van der Waals surface area contributed by atoms with Crippen molar-refractivity contribution in [1.29, 1.82) is 0 Å². The second-order valence-corrected chi connectivity index (χ2v) is 5.01. The van der Waals surface area contributed by atoms with Gasteiger partial charge in [-0.15, -0.1) is 0 Å². The standard InChI is InChI=1S/C16H12N4O4/c21-15(7-4-10-2-1-3-12(8-10)20(23)24)17-11-5-6-13-14(9-11)19-16(22)18-13/h1-9H,(H,17,21)(H2,18,19,22)/b7-4+. The summed E-state index contributed by atoms with van der Waals surface area (Å²) >= 11 is 0. The smallest absolute Gasteiger partial charge is 0.322 e. The number of imidazole rings is 1. The molecule has 0 aliphatic rings. The number of anilines is 1. The van der Waals surface area contributed by atoms with Gasteiger partial charge in [0.05, 0.1) is 16.0 Å². The minimum Gasteiger partial charge on any atom is -0.322 e. The molecule has 3 rings (SSSR count). The van der Waals surface area contributed by atoms with Crippen molar-refractivity contribution in [1.82, 2.24) is 9.97 Å². The van der Waals surface area contributed by atoms with Gasteiger partial charge in [-0.2, -0.15) is 0 Å². The van der Waals surface area contributed by atoms with Gasteiger partial charge in [-0.05, 0) is 29.8 Å². The van der Waals surface area contributed by atoms with Crippen LogP contribution < -0.4 is 11.0 Å². The Labute approximate surface area is 135 Å². The summed E-state index contributed by atoms with van der Waals surface area (Å²) in [4.78, 5) is 38.6. The van der Waals surface area contributed by atoms with E-state index in [-0.39, 0.29) is 11.4 Å². The van der Waals surface area contributed by atoms with Crippen molar-refractivity contribution < 1.29 is 9.72 Å². The zero-order valence-electron chi connectivity index (χ0n) is 12.3. The maximum absolute atomic E-state index is 11.9. The Bertz CT molecular complexity index is 1020. The predicted molar refractivity (Wildman–Crippen MR) is 89.7 cm³/mol. The molecule has 8 heteroatoms. The number of aromatic amines is 2. The van der Waals surface area contributed by atoms with Crippen molar-refractivity contribution in [3.05, 3.63) is 74.7 Å². The van der Waals surface area contributed by atoms with Crippen LogP contribution >= 0.6 is 0 Å². The lowest BCUT2D eigenvalue weighted by Gasteiger charge is -2.02. The Morgan fingerprint density at radius 1 is 1.12 bits per heavy atom. The molecule has 0 saturated heterocycles. The maximum Gasteiger partial charge on any atom is 0.323 e. The summed E-state index contributed by atoms with van der Waals surface area (Å²) in [5.41, 5.74) is 1.93. The summed E-state index contributed by atoms with van der Waals surface area (Å²) in [5.74, 6) is -0.390. The molecule has 1 aromatic heterocycles. The van der Waals surface area contributed by atoms with Gasteiger partial charge in [0.2, 0.25) is 5.91 Å². The van der Waals surface area contributed by atoms with E-state index in [2.05, 4.69) is 15.3 Å². The molecule has 3 N–H and O–H groups in total. The fourth-order valence-electron chi connectivity index (χ4n) is 2.21. The van der Waals surface area contributed by atoms with E-state index in [4.69, 9.17) is 0 Å². The summed E-state index contributed by atoms with van der Waals surface area (Å²) in [5, 5.41) is 13.4. The minimum atomic E-state index is -0.496. The van der Waals surface area contributed by atoms with Crippen LogP contribution in [-0.4, -0.2) is 20.8 Å². The van der Waals surface area contributed by atoms with E-state index in [0.29, 0.717) is 22.3 Å². The number of aromatic nitrogens is 2. The van der Waals surface area contributed by atoms with Crippen molar-refractivity contribution in [2.75, 3.05) is 5.32 Å². The summed E-state index contributed by atoms with van der Waals surface area (Å²) in [7, 11) is 0. The molecule has 0 unspecified atom stereocenters. The largest absolute Gasteiger partial charge is 0.323 e. The number of H-pyrrole nitrogens is 2. The number of carbonyl (C=O) groups excluding carboxylic acids is 1. The molecule has 0 fully saturated rings. The highest BCUT2D eigenvalue weighted by Gasteiger charge is 2.05. The Hall–Kier alpha value is -3.68. The van der Waals surface area contributed by atoms with Crippen LogP contribution in [0.5, 0.6) is 0 Å². The first-order chi connectivity index (χ1) is 11.5. The van der Waals surface area contributed by atoms with Gasteiger partial charge in [-0.3, -0.25) is 14.9 Å². The van der Waals surface area contributed by atoms with Crippen LogP contribution in [0.15, 0.2) is 53.3 Å². The average molecular weight is 324 g/mol. The van der Waals surface area contributed by atoms with E-state index in [0.717, 1.165) is 0 Å². The predicted octanol–water partition coefficient (Wildman–Crippen LogP) is 2.42. The normalized spacial score (nSPS) is 11.0. The van der Waals surface area contributed by atoms with Crippen LogP contribution in [0, 0.1) is 10.1 Å². The Kier molecular flexibility index (Phi) is 3.94. The Balaban J connectivity index is 1.73. The Morgan fingerprint density at radius 3 is 2.71 bits per heavy atom. The number of nitro groups is 1. The summed E-state index contributed by atoms with van der Waals surface area (Å²) in [6.45, 7) is 0. The molecule has 0 bridgehead atoms. The molecule has 0 aliphatic carbocycles. The summed E-state index contributed by atoms with van der Waals surface area (Å²) < 4.78 is 0. The van der Waals surface area contributed by atoms with E-state index in [1.165, 1.54) is 24.3 Å². The average Bonchev–Trinajstić information content (AvgIpc) is 2.92. The van der Waals surface area contributed by atoms with Crippen molar-refractivity contribution >= 4 is 34.4 Å². The first kappa shape index (κ1) is 15.2. The molecule has 0 spiro atoms. The number of benzene rings is 2. The zero-order chi connectivity index (χ0) is 17.1. The van der Waals surface area contributed by atoms with Gasteiger partial charge < -0.3 is 15.3 Å². The van der Waals surface area contributed by atoms with Crippen LogP contribution in [0.1, 0.15) is 5.56 Å². The maximum atomic E-state index is 11.9. The third-order valence-corrected chi connectivity index (χ3v) is 3.29. The van der Waals surface area contributed by atoms with Gasteiger partial charge in [0.15, 0.2) is 0 Å². The number of rotatable bonds is 4. The van der Waals surface area contributed by atoms with E-state index in [1.807, 2.05) is 0 Å². The van der Waals surface area contributed by atoms with Crippen molar-refractivity contribution in [2.24, 2.45) is 0 Å². The summed E-state index contributed by atoms with van der Waals surface area (Å²) in [6.07, 6.45) is 2.77. The highest BCUT2D eigenvalue weighted by molar-refractivity contribution is 6.02. The topological polar surface area (TPSA) is 121 Å². The molecule has 0 atom stereocenters. The van der Waals surface area contributed by atoms with Gasteiger partial charge in [0.1, 0.15) is 0 Å². The molecule has 3 aromatic rings. The number of hydrogen-bond donors (Lipinski definition) is 3. The highest BCUT2D eigenvalue weighted by atomic mass is 16.6. The molecule has 0 aliphatic heterocycles. The van der Waals surface area contributed by atoms with Crippen LogP contribution in [0.2, 0.25) is 0 Å². The van der Waals surface area contributed by atoms with E-state index >= 15 is 0 Å². The number of hydrogen-bond acceptors (Lipinski definition) is 4. The van der Waals surface area contributed by atoms with Gasteiger partial charge >= 0.3 is 5.69 Å². The molecule has 8 nitrogen and oxygen atoms in total. The number of nitrogens with one attached hydrogen (secondary N) is 3. The first-order valence-corrected chi connectivity index (χ1v) is 6.97. The fraction of sp³-hybridized carbons (Fsp3) is 0. The number of nitro benzene ring substituents is 1. The van der Waals surface area contributed by atoms with E-state index in [1.54, 1.807) is 30.3 Å². The number of amides is 1. The zero-order valence-corrected chi connectivity index (χ0v) is 12.3. The molecule has 0 saturated carbocycles. The van der Waals surface area contributed by atoms with Crippen molar-refractivity contribution in [3.63, 3.8) is 0 Å². The van der Waals surface area contributed by atoms with E-state index in [9.17, 15) is 19.7 Å². The van der Waals surface area contributed by atoms with E-state index < -0.39 is 10.8 Å². The van der Waals surface area contributed by atoms with Gasteiger partial charge in [0.25, 0.3) is 5.69 Å². The molecular weight excluding hydrogens is 312 g/mol. The third-order valence-electron chi connectivity index (χ3n) is 3.29. The van der Waals surface area contributed by atoms with Crippen molar-refractivity contribution in [2.45, 2.75) is 0 Å². The van der Waals surface area contributed by atoms with Crippen LogP contribution in [0.25, 0.3) is 17.1 Å². The van der Waals surface area contributed by atoms with Gasteiger partial charge in [-0.25, -0.2) is 4.79 Å². The lowest BCUT2D eigenvalue weighted by atomic mass is 10.2. The second-order valence-electron chi connectivity index (χ2n) is 5.01. The number of non-ortho nitro benzene ring substituents is 1. The minimum absolute atomic E-state index is 0.0422.